The Morgan fingerprint density at radius 2 is 1.68 bits per heavy atom. The first-order valence-corrected chi connectivity index (χ1v) is 8.62. The Balaban J connectivity index is 2.44. The van der Waals surface area contributed by atoms with E-state index in [1.165, 1.54) is 0 Å². The zero-order valence-electron chi connectivity index (χ0n) is 13.8. The summed E-state index contributed by atoms with van der Waals surface area (Å²) in [5, 5.41) is 2.84. The summed E-state index contributed by atoms with van der Waals surface area (Å²) in [5.41, 5.74) is 0.770. The van der Waals surface area contributed by atoms with Crippen molar-refractivity contribution in [3.63, 3.8) is 0 Å². The third-order valence-corrected chi connectivity index (χ3v) is 4.05. The normalized spacial score (nSPS) is 10.6. The zero-order valence-corrected chi connectivity index (χ0v) is 14.6. The van der Waals surface area contributed by atoms with E-state index in [4.69, 9.17) is 0 Å². The van der Waals surface area contributed by atoms with Gasteiger partial charge in [0.15, 0.2) is 0 Å². The van der Waals surface area contributed by atoms with Gasteiger partial charge in [0, 0.05) is 23.7 Å². The van der Waals surface area contributed by atoms with Crippen LogP contribution in [0.3, 0.4) is 0 Å². The summed E-state index contributed by atoms with van der Waals surface area (Å²) in [5.74, 6) is -0.0728. The fraction of sp³-hybridized carbons (Fsp3) is 0.500. The lowest BCUT2D eigenvalue weighted by atomic mass is 10.3. The summed E-state index contributed by atoms with van der Waals surface area (Å²) in [6.45, 7) is 5.73. The van der Waals surface area contributed by atoms with Crippen molar-refractivity contribution >= 4 is 29.3 Å². The molecule has 0 saturated heterocycles. The standard InChI is InChI=1S/C16H25N3O2S/c1-5-19(6-2)16(21)12-18(3)11-15(20)17-13-7-9-14(22-4)10-8-13/h7-10H,5-6,11-12H2,1-4H3,(H,17,20). The molecule has 22 heavy (non-hydrogen) atoms. The highest BCUT2D eigenvalue weighted by Gasteiger charge is 2.14. The number of amides is 2. The predicted octanol–water partition coefficient (Wildman–Crippen LogP) is 2.15. The number of thioether (sulfide) groups is 1. The minimum Gasteiger partial charge on any atom is -0.342 e. The van der Waals surface area contributed by atoms with E-state index in [2.05, 4.69) is 5.32 Å². The Bertz CT molecular complexity index is 487. The van der Waals surface area contributed by atoms with Crippen molar-refractivity contribution in [2.75, 3.05) is 44.8 Å². The molecule has 0 unspecified atom stereocenters. The molecular formula is C16H25N3O2S. The number of nitrogens with one attached hydrogen (secondary N) is 1. The molecule has 6 heteroatoms. The lowest BCUT2D eigenvalue weighted by molar-refractivity contribution is -0.132. The minimum absolute atomic E-state index is 0.0459. The number of nitrogens with zero attached hydrogens (tertiary/aromatic N) is 2. The molecule has 5 nitrogen and oxygen atoms in total. The van der Waals surface area contributed by atoms with Crippen LogP contribution < -0.4 is 5.32 Å². The lowest BCUT2D eigenvalue weighted by Gasteiger charge is -2.22. The Hall–Kier alpha value is -1.53. The van der Waals surface area contributed by atoms with E-state index in [0.29, 0.717) is 13.1 Å². The van der Waals surface area contributed by atoms with Crippen molar-refractivity contribution in [3.8, 4) is 0 Å². The van der Waals surface area contributed by atoms with E-state index in [0.717, 1.165) is 10.6 Å². The van der Waals surface area contributed by atoms with Gasteiger partial charge in [-0.15, -0.1) is 11.8 Å². The lowest BCUT2D eigenvalue weighted by Crippen LogP contribution is -2.41. The number of anilines is 1. The van der Waals surface area contributed by atoms with Crippen molar-refractivity contribution in [2.24, 2.45) is 0 Å². The van der Waals surface area contributed by atoms with Crippen LogP contribution in [0.5, 0.6) is 0 Å². The molecule has 0 aliphatic heterocycles. The van der Waals surface area contributed by atoms with Crippen LogP contribution in [0.2, 0.25) is 0 Å². The van der Waals surface area contributed by atoms with Crippen LogP contribution >= 0.6 is 11.8 Å². The number of benzene rings is 1. The minimum atomic E-state index is -0.119. The second kappa shape index (κ2) is 9.48. The number of rotatable bonds is 8. The number of hydrogen-bond donors (Lipinski definition) is 1. The van der Waals surface area contributed by atoms with E-state index in [-0.39, 0.29) is 24.9 Å². The van der Waals surface area contributed by atoms with Gasteiger partial charge in [0.2, 0.25) is 11.8 Å². The van der Waals surface area contributed by atoms with Gasteiger partial charge in [-0.1, -0.05) is 0 Å². The molecule has 1 aromatic rings. The first-order valence-electron chi connectivity index (χ1n) is 7.40. The Kier molecular flexibility index (Phi) is 7.98. The fourth-order valence-corrected chi connectivity index (χ4v) is 2.49. The summed E-state index contributed by atoms with van der Waals surface area (Å²) >= 11 is 1.66. The number of hydrogen-bond acceptors (Lipinski definition) is 4. The van der Waals surface area contributed by atoms with Crippen LogP contribution in [0.25, 0.3) is 0 Å². The molecule has 0 radical (unpaired) electrons. The molecule has 0 aromatic heterocycles. The average Bonchev–Trinajstić information content (AvgIpc) is 2.48. The summed E-state index contributed by atoms with van der Waals surface area (Å²) in [6.07, 6.45) is 2.01. The van der Waals surface area contributed by atoms with Gasteiger partial charge in [0.05, 0.1) is 13.1 Å². The van der Waals surface area contributed by atoms with Crippen molar-refractivity contribution < 1.29 is 9.59 Å². The van der Waals surface area contributed by atoms with E-state index in [9.17, 15) is 9.59 Å². The number of likely N-dealkylation sites (N-methyl/N-ethyl adjacent to an activating group) is 2. The monoisotopic (exact) mass is 323 g/mol. The molecule has 1 rings (SSSR count). The third-order valence-electron chi connectivity index (χ3n) is 3.31. The van der Waals surface area contributed by atoms with Crippen LogP contribution in [0, 0.1) is 0 Å². The van der Waals surface area contributed by atoms with Gasteiger partial charge in [-0.25, -0.2) is 0 Å². The van der Waals surface area contributed by atoms with Gasteiger partial charge >= 0.3 is 0 Å². The quantitative estimate of drug-likeness (QED) is 0.745. The van der Waals surface area contributed by atoms with E-state index >= 15 is 0 Å². The summed E-state index contributed by atoms with van der Waals surface area (Å²) in [7, 11) is 1.78. The highest BCUT2D eigenvalue weighted by molar-refractivity contribution is 7.98. The van der Waals surface area contributed by atoms with Crippen molar-refractivity contribution in [1.29, 1.82) is 0 Å². The molecule has 0 fully saturated rings. The molecule has 2 amide bonds. The topological polar surface area (TPSA) is 52.7 Å². The van der Waals surface area contributed by atoms with E-state index < -0.39 is 0 Å². The molecule has 0 atom stereocenters. The van der Waals surface area contributed by atoms with Crippen LogP contribution in [-0.4, -0.2) is 61.1 Å². The maximum absolute atomic E-state index is 12.0. The van der Waals surface area contributed by atoms with Gasteiger partial charge in [-0.05, 0) is 51.4 Å². The first kappa shape index (κ1) is 18.5. The molecule has 1 N–H and O–H groups in total. The maximum atomic E-state index is 12.0. The molecule has 0 aliphatic carbocycles. The largest absolute Gasteiger partial charge is 0.342 e. The van der Waals surface area contributed by atoms with Crippen molar-refractivity contribution in [3.05, 3.63) is 24.3 Å². The summed E-state index contributed by atoms with van der Waals surface area (Å²) in [4.78, 5) is 28.6. The molecule has 0 saturated carbocycles. The maximum Gasteiger partial charge on any atom is 0.238 e. The molecular weight excluding hydrogens is 298 g/mol. The van der Waals surface area contributed by atoms with Crippen molar-refractivity contribution in [2.45, 2.75) is 18.7 Å². The zero-order chi connectivity index (χ0) is 16.5. The molecule has 122 valence electrons. The number of carbonyl (C=O) groups is 2. The third kappa shape index (κ3) is 6.07. The number of carbonyl (C=O) groups excluding carboxylic acids is 2. The van der Waals surface area contributed by atoms with Crippen LogP contribution in [-0.2, 0) is 9.59 Å². The molecule has 0 aliphatic rings. The highest BCUT2D eigenvalue weighted by Crippen LogP contribution is 2.17. The van der Waals surface area contributed by atoms with Crippen LogP contribution in [0.1, 0.15) is 13.8 Å². The van der Waals surface area contributed by atoms with Crippen LogP contribution in [0.15, 0.2) is 29.2 Å². The molecule has 0 bridgehead atoms. The van der Waals surface area contributed by atoms with Gasteiger partial charge in [0.1, 0.15) is 0 Å². The van der Waals surface area contributed by atoms with Gasteiger partial charge < -0.3 is 10.2 Å². The highest BCUT2D eigenvalue weighted by atomic mass is 32.2. The van der Waals surface area contributed by atoms with Crippen molar-refractivity contribution in [1.82, 2.24) is 9.80 Å². The van der Waals surface area contributed by atoms with Gasteiger partial charge in [-0.2, -0.15) is 0 Å². The summed E-state index contributed by atoms with van der Waals surface area (Å²) in [6, 6.07) is 7.69. The Labute approximate surface area is 137 Å². The van der Waals surface area contributed by atoms with E-state index in [1.807, 2.05) is 44.4 Å². The van der Waals surface area contributed by atoms with Gasteiger partial charge in [-0.3, -0.25) is 14.5 Å². The average molecular weight is 323 g/mol. The van der Waals surface area contributed by atoms with Gasteiger partial charge in [0.25, 0.3) is 0 Å². The predicted molar refractivity (Wildman–Crippen MR) is 92.3 cm³/mol. The molecule has 0 heterocycles. The first-order chi connectivity index (χ1) is 10.5. The Morgan fingerprint density at radius 1 is 1.09 bits per heavy atom. The molecule has 0 spiro atoms. The second-order valence-electron chi connectivity index (χ2n) is 5.01. The Morgan fingerprint density at radius 3 is 2.18 bits per heavy atom. The van der Waals surface area contributed by atoms with E-state index in [1.54, 1.807) is 28.6 Å². The smallest absolute Gasteiger partial charge is 0.238 e. The fourth-order valence-electron chi connectivity index (χ4n) is 2.08. The molecule has 1 aromatic carbocycles. The summed E-state index contributed by atoms with van der Waals surface area (Å²) < 4.78 is 0. The van der Waals surface area contributed by atoms with Crippen LogP contribution in [0.4, 0.5) is 5.69 Å². The SMILES string of the molecule is CCN(CC)C(=O)CN(C)CC(=O)Nc1ccc(SC)cc1. The second-order valence-corrected chi connectivity index (χ2v) is 5.89.